The summed E-state index contributed by atoms with van der Waals surface area (Å²) in [6.07, 6.45) is 1.24. The van der Waals surface area contributed by atoms with Crippen molar-refractivity contribution in [3.8, 4) is 16.8 Å². The molecule has 0 saturated carbocycles. The average Bonchev–Trinajstić information content (AvgIpc) is 3.44. The standard InChI is InChI=1S/C39H31N5/c40-38(29-17-7-2-8-18-29)43-39(30-19-9-3-10-20-30)42-27-41-37-32(28-15-5-1-6-16-28)25-26-35-36(37)33-23-13-14-24-34(33)44(35)31-21-11-4-12-22-31/h1-27,39H,(H2,40,43)(H,41,42). The largest absolute Gasteiger partial charge is 0.383 e. The van der Waals surface area contributed by atoms with Gasteiger partial charge < -0.3 is 15.6 Å². The number of amidine groups is 1. The van der Waals surface area contributed by atoms with E-state index in [0.717, 1.165) is 55.4 Å². The van der Waals surface area contributed by atoms with E-state index in [9.17, 15) is 0 Å². The first kappa shape index (κ1) is 26.9. The van der Waals surface area contributed by atoms with Crippen molar-refractivity contribution in [3.63, 3.8) is 0 Å². The molecule has 1 unspecified atom stereocenters. The van der Waals surface area contributed by atoms with Gasteiger partial charge in [-0.25, -0.2) is 9.98 Å². The van der Waals surface area contributed by atoms with Crippen LogP contribution in [0.2, 0.25) is 0 Å². The van der Waals surface area contributed by atoms with Gasteiger partial charge in [-0.3, -0.25) is 0 Å². The third-order valence-electron chi connectivity index (χ3n) is 7.79. The van der Waals surface area contributed by atoms with E-state index in [2.05, 4.69) is 94.8 Å². The highest BCUT2D eigenvalue weighted by molar-refractivity contribution is 6.19. The van der Waals surface area contributed by atoms with Crippen LogP contribution in [0, 0.1) is 0 Å². The van der Waals surface area contributed by atoms with E-state index in [1.54, 1.807) is 6.34 Å². The van der Waals surface area contributed by atoms with Crippen molar-refractivity contribution in [1.29, 1.82) is 0 Å². The van der Waals surface area contributed by atoms with Crippen LogP contribution in [0.5, 0.6) is 0 Å². The summed E-state index contributed by atoms with van der Waals surface area (Å²) in [5.74, 6) is 0.439. The smallest absolute Gasteiger partial charge is 0.169 e. The molecule has 1 atom stereocenters. The monoisotopic (exact) mass is 569 g/mol. The topological polar surface area (TPSA) is 67.7 Å². The second kappa shape index (κ2) is 12.1. The lowest BCUT2D eigenvalue weighted by molar-refractivity contribution is 0.781. The number of rotatable bonds is 8. The fourth-order valence-corrected chi connectivity index (χ4v) is 5.73. The molecule has 3 N–H and O–H groups in total. The van der Waals surface area contributed by atoms with Gasteiger partial charge in [-0.1, -0.05) is 133 Å². The zero-order valence-corrected chi connectivity index (χ0v) is 24.1. The number of hydrogen-bond donors (Lipinski definition) is 2. The van der Waals surface area contributed by atoms with Gasteiger partial charge in [0.25, 0.3) is 0 Å². The van der Waals surface area contributed by atoms with Gasteiger partial charge in [0, 0.05) is 27.6 Å². The molecule has 212 valence electrons. The first-order valence-electron chi connectivity index (χ1n) is 14.7. The molecule has 1 heterocycles. The number of nitrogens with zero attached hydrogens (tertiary/aromatic N) is 3. The van der Waals surface area contributed by atoms with Crippen molar-refractivity contribution < 1.29 is 0 Å². The van der Waals surface area contributed by atoms with Crippen molar-refractivity contribution in [2.45, 2.75) is 6.17 Å². The minimum atomic E-state index is -0.519. The molecule has 0 aliphatic carbocycles. The Balaban J connectivity index is 1.39. The first-order valence-corrected chi connectivity index (χ1v) is 14.7. The van der Waals surface area contributed by atoms with Crippen LogP contribution in [0.1, 0.15) is 17.3 Å². The number of anilines is 1. The molecular weight excluding hydrogens is 538 g/mol. The fourth-order valence-electron chi connectivity index (χ4n) is 5.73. The third-order valence-corrected chi connectivity index (χ3v) is 7.79. The van der Waals surface area contributed by atoms with Gasteiger partial charge in [-0.2, -0.15) is 0 Å². The number of aliphatic imine (C=N–C) groups is 2. The Morgan fingerprint density at radius 1 is 0.636 bits per heavy atom. The van der Waals surface area contributed by atoms with Crippen LogP contribution in [0.25, 0.3) is 38.6 Å². The number of aromatic nitrogens is 1. The lowest BCUT2D eigenvalue weighted by Gasteiger charge is -2.14. The Labute approximate surface area is 256 Å². The lowest BCUT2D eigenvalue weighted by Crippen LogP contribution is -2.15. The lowest BCUT2D eigenvalue weighted by atomic mass is 9.99. The summed E-state index contributed by atoms with van der Waals surface area (Å²) in [5.41, 5.74) is 14.8. The van der Waals surface area contributed by atoms with Gasteiger partial charge >= 0.3 is 0 Å². The summed E-state index contributed by atoms with van der Waals surface area (Å²) < 4.78 is 2.32. The highest BCUT2D eigenvalue weighted by atomic mass is 15.1. The predicted octanol–water partition coefficient (Wildman–Crippen LogP) is 9.00. The van der Waals surface area contributed by atoms with Crippen molar-refractivity contribution in [3.05, 3.63) is 169 Å². The Morgan fingerprint density at radius 3 is 1.98 bits per heavy atom. The summed E-state index contributed by atoms with van der Waals surface area (Å²) in [6, 6.07) is 53.7. The molecule has 6 aromatic carbocycles. The van der Waals surface area contributed by atoms with E-state index in [-0.39, 0.29) is 0 Å². The second-order valence-electron chi connectivity index (χ2n) is 10.5. The first-order chi connectivity index (χ1) is 21.8. The van der Waals surface area contributed by atoms with E-state index in [0.29, 0.717) is 5.84 Å². The molecule has 5 heteroatoms. The van der Waals surface area contributed by atoms with E-state index in [4.69, 9.17) is 15.7 Å². The van der Waals surface area contributed by atoms with Gasteiger partial charge in [0.2, 0.25) is 0 Å². The van der Waals surface area contributed by atoms with Crippen molar-refractivity contribution in [1.82, 2.24) is 4.57 Å². The van der Waals surface area contributed by atoms with Crippen molar-refractivity contribution >= 4 is 39.7 Å². The zero-order chi connectivity index (χ0) is 29.7. The number of nitrogens with one attached hydrogen (secondary N) is 1. The van der Waals surface area contributed by atoms with Crippen LogP contribution in [0.4, 0.5) is 5.69 Å². The van der Waals surface area contributed by atoms with Crippen LogP contribution in [-0.2, 0) is 0 Å². The summed E-state index contributed by atoms with van der Waals surface area (Å²) in [5, 5.41) is 5.89. The summed E-state index contributed by atoms with van der Waals surface area (Å²) >= 11 is 0. The minimum absolute atomic E-state index is 0.439. The second-order valence-corrected chi connectivity index (χ2v) is 10.5. The number of hydrogen-bond acceptors (Lipinski definition) is 2. The summed E-state index contributed by atoms with van der Waals surface area (Å²) in [7, 11) is 0. The molecule has 0 bridgehead atoms. The molecular formula is C39H31N5. The third kappa shape index (κ3) is 5.23. The molecule has 0 amide bonds. The SMILES string of the molecule is NC(=NC(N=CNc1c(-c2ccccc2)ccc2c1c1ccccc1n2-c1ccccc1)c1ccccc1)c1ccccc1. The number of benzene rings is 6. The molecule has 1 aromatic heterocycles. The number of fused-ring (bicyclic) bond motifs is 3. The maximum Gasteiger partial charge on any atom is 0.169 e. The highest BCUT2D eigenvalue weighted by Crippen LogP contribution is 2.41. The molecule has 0 spiro atoms. The van der Waals surface area contributed by atoms with Crippen LogP contribution in [0.15, 0.2) is 168 Å². The maximum atomic E-state index is 6.46. The van der Waals surface area contributed by atoms with E-state index in [1.165, 1.54) is 0 Å². The van der Waals surface area contributed by atoms with Crippen LogP contribution in [-0.4, -0.2) is 16.7 Å². The molecule has 0 fully saturated rings. The molecule has 5 nitrogen and oxygen atoms in total. The average molecular weight is 570 g/mol. The van der Waals surface area contributed by atoms with E-state index < -0.39 is 6.17 Å². The van der Waals surface area contributed by atoms with E-state index in [1.807, 2.05) is 72.8 Å². The molecule has 0 aliphatic heterocycles. The molecule has 44 heavy (non-hydrogen) atoms. The number of nitrogens with two attached hydrogens (primary N) is 1. The van der Waals surface area contributed by atoms with Gasteiger partial charge in [0.05, 0.1) is 23.1 Å². The summed E-state index contributed by atoms with van der Waals surface area (Å²) in [6.45, 7) is 0. The van der Waals surface area contributed by atoms with Gasteiger partial charge in [-0.05, 0) is 35.4 Å². The summed E-state index contributed by atoms with van der Waals surface area (Å²) in [4.78, 5) is 9.77. The van der Waals surface area contributed by atoms with Gasteiger partial charge in [-0.15, -0.1) is 0 Å². The Morgan fingerprint density at radius 2 is 1.25 bits per heavy atom. The molecule has 7 aromatic rings. The van der Waals surface area contributed by atoms with Crippen LogP contribution in [0.3, 0.4) is 0 Å². The van der Waals surface area contributed by atoms with E-state index >= 15 is 0 Å². The highest BCUT2D eigenvalue weighted by Gasteiger charge is 2.18. The minimum Gasteiger partial charge on any atom is -0.383 e. The molecule has 0 radical (unpaired) electrons. The van der Waals surface area contributed by atoms with Crippen molar-refractivity contribution in [2.24, 2.45) is 15.7 Å². The van der Waals surface area contributed by atoms with Gasteiger partial charge in [0.15, 0.2) is 6.17 Å². The fraction of sp³-hybridized carbons (Fsp3) is 0.0256. The number of para-hydroxylation sites is 2. The molecule has 0 aliphatic rings. The quantitative estimate of drug-likeness (QED) is 0.142. The predicted molar refractivity (Wildman–Crippen MR) is 185 cm³/mol. The Hall–Kier alpha value is -5.94. The van der Waals surface area contributed by atoms with Crippen LogP contribution >= 0.6 is 0 Å². The molecule has 7 rings (SSSR count). The Kier molecular flexibility index (Phi) is 7.42. The van der Waals surface area contributed by atoms with Crippen LogP contribution < -0.4 is 11.1 Å². The normalized spacial score (nSPS) is 12.6. The maximum absolute atomic E-state index is 6.46. The Bertz CT molecular complexity index is 2080. The van der Waals surface area contributed by atoms with Gasteiger partial charge in [0.1, 0.15) is 5.84 Å². The molecule has 0 saturated heterocycles. The zero-order valence-electron chi connectivity index (χ0n) is 24.1. The van der Waals surface area contributed by atoms with Crippen molar-refractivity contribution in [2.75, 3.05) is 5.32 Å².